The van der Waals surface area contributed by atoms with Crippen LogP contribution in [-0.4, -0.2) is 22.3 Å². The molecule has 0 saturated heterocycles. The van der Waals surface area contributed by atoms with Crippen molar-refractivity contribution in [1.82, 2.24) is 0 Å². The lowest BCUT2D eigenvalue weighted by Gasteiger charge is -2.42. The maximum atomic E-state index is 12.2. The van der Waals surface area contributed by atoms with Crippen molar-refractivity contribution in [2.24, 2.45) is 17.3 Å². The minimum absolute atomic E-state index is 0.0283. The summed E-state index contributed by atoms with van der Waals surface area (Å²) >= 11 is 6.09. The molecule has 3 atom stereocenters. The van der Waals surface area contributed by atoms with Crippen molar-refractivity contribution in [2.45, 2.75) is 53.9 Å². The number of aromatic hydroxyl groups is 2. The van der Waals surface area contributed by atoms with E-state index in [2.05, 4.69) is 19.9 Å². The van der Waals surface area contributed by atoms with Gasteiger partial charge in [-0.1, -0.05) is 56.2 Å². The molecular formula is C23H29ClO4. The van der Waals surface area contributed by atoms with E-state index in [-0.39, 0.29) is 45.4 Å². The number of phenols is 2. The Bertz CT molecular complexity index is 853. The van der Waals surface area contributed by atoms with Gasteiger partial charge >= 0.3 is 0 Å². The summed E-state index contributed by atoms with van der Waals surface area (Å²) in [4.78, 5) is 23.4. The number of Topliss-reactive ketones (excluding diaryl/α,β-unsaturated/α-hetero) is 1. The van der Waals surface area contributed by atoms with Crippen LogP contribution in [0.25, 0.3) is 0 Å². The number of phenolic OH excluding ortho intramolecular Hbond substituents is 2. The highest BCUT2D eigenvalue weighted by atomic mass is 35.5. The van der Waals surface area contributed by atoms with E-state index in [4.69, 9.17) is 11.6 Å². The van der Waals surface area contributed by atoms with Crippen LogP contribution in [-0.2, 0) is 11.2 Å². The summed E-state index contributed by atoms with van der Waals surface area (Å²) < 4.78 is 0. The molecule has 28 heavy (non-hydrogen) atoms. The first-order chi connectivity index (χ1) is 13.0. The first-order valence-corrected chi connectivity index (χ1v) is 9.99. The SMILES string of the molecule is CC(/C=C/[C@]1(C)[C@H](C)C(=O)CC[C@@H]1C)=C\Cc1c(O)c(Cl)c(C)c(C=O)c1O. The Morgan fingerprint density at radius 2 is 1.93 bits per heavy atom. The zero-order valence-corrected chi connectivity index (χ0v) is 17.9. The zero-order valence-electron chi connectivity index (χ0n) is 17.2. The van der Waals surface area contributed by atoms with Gasteiger partial charge in [0, 0.05) is 17.9 Å². The molecule has 0 aliphatic heterocycles. The van der Waals surface area contributed by atoms with Gasteiger partial charge in [-0.05, 0) is 43.6 Å². The molecule has 4 nitrogen and oxygen atoms in total. The van der Waals surface area contributed by atoms with Crippen molar-refractivity contribution in [2.75, 3.05) is 0 Å². The van der Waals surface area contributed by atoms with E-state index in [0.717, 1.165) is 12.0 Å². The van der Waals surface area contributed by atoms with Crippen molar-refractivity contribution in [3.05, 3.63) is 45.5 Å². The van der Waals surface area contributed by atoms with Gasteiger partial charge in [0.15, 0.2) is 6.29 Å². The first-order valence-electron chi connectivity index (χ1n) is 9.61. The topological polar surface area (TPSA) is 74.6 Å². The summed E-state index contributed by atoms with van der Waals surface area (Å²) in [5.74, 6) is 0.233. The number of ketones is 1. The molecule has 0 heterocycles. The van der Waals surface area contributed by atoms with E-state index in [1.165, 1.54) is 0 Å². The molecule has 1 aliphatic carbocycles. The normalized spacial score (nSPS) is 26.1. The highest BCUT2D eigenvalue weighted by Gasteiger charge is 2.41. The Kier molecular flexibility index (Phi) is 6.76. The minimum Gasteiger partial charge on any atom is -0.507 e. The summed E-state index contributed by atoms with van der Waals surface area (Å²) in [6, 6.07) is 0. The number of hydrogen-bond acceptors (Lipinski definition) is 4. The van der Waals surface area contributed by atoms with Crippen LogP contribution in [0.1, 0.15) is 62.0 Å². The fourth-order valence-electron chi connectivity index (χ4n) is 3.83. The van der Waals surface area contributed by atoms with Gasteiger partial charge in [0.2, 0.25) is 0 Å². The second-order valence-corrected chi connectivity index (χ2v) is 8.50. The average Bonchev–Trinajstić information content (AvgIpc) is 2.66. The van der Waals surface area contributed by atoms with E-state index < -0.39 is 0 Å². The van der Waals surface area contributed by atoms with Gasteiger partial charge in [0.25, 0.3) is 0 Å². The van der Waals surface area contributed by atoms with Crippen LogP contribution < -0.4 is 0 Å². The Morgan fingerprint density at radius 3 is 2.54 bits per heavy atom. The van der Waals surface area contributed by atoms with Crippen LogP contribution in [0.2, 0.25) is 5.02 Å². The fraction of sp³-hybridized carbons (Fsp3) is 0.478. The molecule has 1 aromatic carbocycles. The maximum absolute atomic E-state index is 12.2. The fourth-order valence-corrected chi connectivity index (χ4v) is 4.04. The van der Waals surface area contributed by atoms with Gasteiger partial charge in [-0.15, -0.1) is 0 Å². The number of allylic oxidation sites excluding steroid dienone is 4. The molecule has 2 N–H and O–H groups in total. The lowest BCUT2D eigenvalue weighted by atomic mass is 9.61. The van der Waals surface area contributed by atoms with Crippen LogP contribution in [0.15, 0.2) is 23.8 Å². The Hall–Kier alpha value is -2.07. The molecular weight excluding hydrogens is 376 g/mol. The maximum Gasteiger partial charge on any atom is 0.154 e. The van der Waals surface area contributed by atoms with Crippen molar-refractivity contribution >= 4 is 23.7 Å². The second-order valence-electron chi connectivity index (χ2n) is 8.13. The molecule has 0 amide bonds. The summed E-state index contributed by atoms with van der Waals surface area (Å²) in [5.41, 5.74) is 1.41. The average molecular weight is 405 g/mol. The van der Waals surface area contributed by atoms with E-state index in [1.807, 2.05) is 26.0 Å². The van der Waals surface area contributed by atoms with Crippen molar-refractivity contribution in [3.63, 3.8) is 0 Å². The number of carbonyl (C=O) groups excluding carboxylic acids is 2. The third-order valence-corrected chi connectivity index (χ3v) is 6.98. The van der Waals surface area contributed by atoms with Crippen molar-refractivity contribution in [1.29, 1.82) is 0 Å². The van der Waals surface area contributed by atoms with E-state index >= 15 is 0 Å². The van der Waals surface area contributed by atoms with Crippen LogP contribution in [0.4, 0.5) is 0 Å². The molecule has 0 spiro atoms. The Balaban J connectivity index is 2.28. The largest absolute Gasteiger partial charge is 0.507 e. The quantitative estimate of drug-likeness (QED) is 0.497. The highest BCUT2D eigenvalue weighted by molar-refractivity contribution is 6.33. The zero-order chi connectivity index (χ0) is 21.2. The number of benzene rings is 1. The number of aldehydes is 1. The molecule has 2 rings (SSSR count). The molecule has 0 aromatic heterocycles. The number of hydrogen-bond donors (Lipinski definition) is 2. The number of halogens is 1. The third kappa shape index (κ3) is 4.02. The molecule has 1 fully saturated rings. The molecule has 0 bridgehead atoms. The predicted molar refractivity (Wildman–Crippen MR) is 112 cm³/mol. The number of carbonyl (C=O) groups is 2. The van der Waals surface area contributed by atoms with Crippen molar-refractivity contribution < 1.29 is 19.8 Å². The van der Waals surface area contributed by atoms with Gasteiger partial charge in [-0.3, -0.25) is 9.59 Å². The molecule has 0 unspecified atom stereocenters. The van der Waals surface area contributed by atoms with Gasteiger partial charge in [-0.2, -0.15) is 0 Å². The Morgan fingerprint density at radius 1 is 1.29 bits per heavy atom. The second kappa shape index (κ2) is 8.52. The van der Waals surface area contributed by atoms with Crippen LogP contribution in [0.5, 0.6) is 11.5 Å². The molecule has 152 valence electrons. The van der Waals surface area contributed by atoms with Gasteiger partial charge in [-0.25, -0.2) is 0 Å². The van der Waals surface area contributed by atoms with Crippen LogP contribution in [0, 0.1) is 24.2 Å². The monoisotopic (exact) mass is 404 g/mol. The molecule has 1 aromatic rings. The predicted octanol–water partition coefficient (Wildman–Crippen LogP) is 5.56. The van der Waals surface area contributed by atoms with Gasteiger partial charge in [0.05, 0.1) is 10.6 Å². The summed E-state index contributed by atoms with van der Waals surface area (Å²) in [6.45, 7) is 9.79. The van der Waals surface area contributed by atoms with Crippen LogP contribution >= 0.6 is 11.6 Å². The minimum atomic E-state index is -0.241. The highest BCUT2D eigenvalue weighted by Crippen LogP contribution is 2.45. The van der Waals surface area contributed by atoms with Crippen LogP contribution in [0.3, 0.4) is 0 Å². The summed E-state index contributed by atoms with van der Waals surface area (Å²) in [6.07, 6.45) is 8.25. The number of rotatable bonds is 5. The lowest BCUT2D eigenvalue weighted by Crippen LogP contribution is -2.40. The summed E-state index contributed by atoms with van der Waals surface area (Å²) in [7, 11) is 0. The molecule has 5 heteroatoms. The third-order valence-electron chi connectivity index (χ3n) is 6.52. The summed E-state index contributed by atoms with van der Waals surface area (Å²) in [5, 5.41) is 20.7. The first kappa shape index (κ1) is 22.2. The molecule has 0 radical (unpaired) electrons. The van der Waals surface area contributed by atoms with Gasteiger partial charge in [0.1, 0.15) is 17.3 Å². The lowest BCUT2D eigenvalue weighted by molar-refractivity contribution is -0.129. The van der Waals surface area contributed by atoms with E-state index in [0.29, 0.717) is 30.0 Å². The molecule has 1 saturated carbocycles. The van der Waals surface area contributed by atoms with Crippen molar-refractivity contribution in [3.8, 4) is 11.5 Å². The Labute approximate surface area is 171 Å². The van der Waals surface area contributed by atoms with E-state index in [9.17, 15) is 19.8 Å². The smallest absolute Gasteiger partial charge is 0.154 e. The standard InChI is InChI=1S/C23H29ClO4/c1-13(10-11-23(5)14(2)7-9-19(26)16(23)4)6-8-17-21(27)18(12-25)15(3)20(24)22(17)28/h6,10-12,14,16,27-28H,7-9H2,1-5H3/b11-10+,13-6+/t14-,16+,23-/m0/s1. The molecule has 1 aliphatic rings. The van der Waals surface area contributed by atoms with Gasteiger partial charge < -0.3 is 10.2 Å². The van der Waals surface area contributed by atoms with E-state index in [1.54, 1.807) is 6.92 Å².